The first-order valence-corrected chi connectivity index (χ1v) is 7.37. The van der Waals surface area contributed by atoms with Crippen LogP contribution in [-0.2, 0) is 0 Å². The van der Waals surface area contributed by atoms with Crippen LogP contribution in [0.3, 0.4) is 0 Å². The molecule has 0 aliphatic heterocycles. The average Bonchev–Trinajstić information content (AvgIpc) is 2.37. The highest BCUT2D eigenvalue weighted by atomic mass is 14.9. The number of hydrogen-bond acceptors (Lipinski definition) is 1. The van der Waals surface area contributed by atoms with Gasteiger partial charge < -0.3 is 5.32 Å². The Labute approximate surface area is 123 Å². The van der Waals surface area contributed by atoms with E-state index in [0.717, 1.165) is 0 Å². The summed E-state index contributed by atoms with van der Waals surface area (Å²) < 4.78 is 0. The Hall–Kier alpha value is -1.60. The zero-order chi connectivity index (χ0) is 14.7. The maximum absolute atomic E-state index is 3.71. The van der Waals surface area contributed by atoms with Crippen molar-refractivity contribution in [1.82, 2.24) is 5.32 Å². The third-order valence-corrected chi connectivity index (χ3v) is 3.90. The lowest BCUT2D eigenvalue weighted by Gasteiger charge is -2.22. The highest BCUT2D eigenvalue weighted by molar-refractivity contribution is 5.32. The minimum atomic E-state index is 0.350. The molecule has 0 spiro atoms. The smallest absolute Gasteiger partial charge is 0.0300 e. The molecule has 2 atom stereocenters. The molecule has 0 aliphatic rings. The monoisotopic (exact) mass is 267 g/mol. The third kappa shape index (κ3) is 3.49. The van der Waals surface area contributed by atoms with Crippen molar-refractivity contribution in [3.05, 3.63) is 70.3 Å². The van der Waals surface area contributed by atoms with E-state index in [1.807, 2.05) is 0 Å². The first-order valence-electron chi connectivity index (χ1n) is 7.37. The van der Waals surface area contributed by atoms with Crippen LogP contribution in [0.1, 0.15) is 53.7 Å². The van der Waals surface area contributed by atoms with Crippen molar-refractivity contribution in [2.45, 2.75) is 46.7 Å². The average molecular weight is 267 g/mol. The van der Waals surface area contributed by atoms with E-state index in [-0.39, 0.29) is 0 Å². The molecule has 1 nitrogen and oxygen atoms in total. The largest absolute Gasteiger partial charge is 0.304 e. The Balaban J connectivity index is 2.15. The highest BCUT2D eigenvalue weighted by Gasteiger charge is 2.13. The molecule has 0 bridgehead atoms. The Morgan fingerprint density at radius 3 is 2.00 bits per heavy atom. The van der Waals surface area contributed by atoms with Crippen LogP contribution in [-0.4, -0.2) is 0 Å². The van der Waals surface area contributed by atoms with Gasteiger partial charge in [-0.05, 0) is 51.3 Å². The van der Waals surface area contributed by atoms with E-state index >= 15 is 0 Å². The van der Waals surface area contributed by atoms with Gasteiger partial charge in [0.2, 0.25) is 0 Å². The summed E-state index contributed by atoms with van der Waals surface area (Å²) >= 11 is 0. The van der Waals surface area contributed by atoms with Gasteiger partial charge in [-0.3, -0.25) is 0 Å². The first kappa shape index (κ1) is 14.8. The number of aryl methyl sites for hydroxylation is 3. The molecule has 2 aromatic carbocycles. The molecule has 0 aromatic heterocycles. The summed E-state index contributed by atoms with van der Waals surface area (Å²) in [4.78, 5) is 0. The fourth-order valence-electron chi connectivity index (χ4n) is 2.89. The molecule has 2 aromatic rings. The molecular weight excluding hydrogens is 242 g/mol. The molecule has 2 rings (SSSR count). The predicted molar refractivity (Wildman–Crippen MR) is 87.1 cm³/mol. The summed E-state index contributed by atoms with van der Waals surface area (Å²) in [6.07, 6.45) is 0. The summed E-state index contributed by atoms with van der Waals surface area (Å²) in [7, 11) is 0. The van der Waals surface area contributed by atoms with Crippen molar-refractivity contribution in [1.29, 1.82) is 0 Å². The molecule has 0 amide bonds. The van der Waals surface area contributed by atoms with Crippen LogP contribution < -0.4 is 5.32 Å². The number of hydrogen-bond donors (Lipinski definition) is 1. The van der Waals surface area contributed by atoms with Gasteiger partial charge in [-0.25, -0.2) is 0 Å². The van der Waals surface area contributed by atoms with E-state index in [1.54, 1.807) is 0 Å². The molecule has 0 heterocycles. The third-order valence-electron chi connectivity index (χ3n) is 3.90. The zero-order valence-electron chi connectivity index (χ0n) is 13.2. The Bertz CT molecular complexity index is 566. The molecular formula is C19H25N. The van der Waals surface area contributed by atoms with Crippen LogP contribution >= 0.6 is 0 Å². The van der Waals surface area contributed by atoms with Crippen molar-refractivity contribution in [2.24, 2.45) is 0 Å². The summed E-state index contributed by atoms with van der Waals surface area (Å²) in [5.74, 6) is 0. The van der Waals surface area contributed by atoms with Crippen LogP contribution in [0.4, 0.5) is 0 Å². The number of benzene rings is 2. The number of rotatable bonds is 4. The van der Waals surface area contributed by atoms with Crippen LogP contribution in [0, 0.1) is 20.8 Å². The highest BCUT2D eigenvalue weighted by Crippen LogP contribution is 2.23. The van der Waals surface area contributed by atoms with Crippen molar-refractivity contribution in [2.75, 3.05) is 0 Å². The standard InChI is InChI=1S/C19H25N/c1-13-10-14(2)12-18(11-13)16(4)20-17(5)19-9-7-6-8-15(19)3/h6-12,16-17,20H,1-5H3/t16?,17-/m0/s1. The molecule has 0 radical (unpaired) electrons. The summed E-state index contributed by atoms with van der Waals surface area (Å²) in [5, 5.41) is 3.71. The second kappa shape index (κ2) is 6.23. The van der Waals surface area contributed by atoms with E-state index in [1.165, 1.54) is 27.8 Å². The molecule has 20 heavy (non-hydrogen) atoms. The van der Waals surface area contributed by atoms with Crippen molar-refractivity contribution in [3.8, 4) is 0 Å². The molecule has 0 saturated heterocycles. The van der Waals surface area contributed by atoms with E-state index < -0.39 is 0 Å². The summed E-state index contributed by atoms with van der Waals surface area (Å²) in [5.41, 5.74) is 6.75. The maximum atomic E-state index is 3.71. The van der Waals surface area contributed by atoms with Crippen LogP contribution in [0.2, 0.25) is 0 Å². The summed E-state index contributed by atoms with van der Waals surface area (Å²) in [6.45, 7) is 11.0. The van der Waals surface area contributed by atoms with Gasteiger partial charge in [0.25, 0.3) is 0 Å². The molecule has 0 aliphatic carbocycles. The molecule has 0 saturated carbocycles. The second-order valence-corrected chi connectivity index (χ2v) is 5.89. The summed E-state index contributed by atoms with van der Waals surface area (Å²) in [6, 6.07) is 16.1. The fourth-order valence-corrected chi connectivity index (χ4v) is 2.89. The Morgan fingerprint density at radius 1 is 0.800 bits per heavy atom. The quantitative estimate of drug-likeness (QED) is 0.819. The lowest BCUT2D eigenvalue weighted by Crippen LogP contribution is -2.23. The van der Waals surface area contributed by atoms with Crippen molar-refractivity contribution >= 4 is 0 Å². The predicted octanol–water partition coefficient (Wildman–Crippen LogP) is 5.02. The maximum Gasteiger partial charge on any atom is 0.0300 e. The molecule has 1 heteroatoms. The van der Waals surface area contributed by atoms with E-state index in [2.05, 4.69) is 82.4 Å². The van der Waals surface area contributed by atoms with Gasteiger partial charge in [-0.15, -0.1) is 0 Å². The van der Waals surface area contributed by atoms with Gasteiger partial charge >= 0.3 is 0 Å². The molecule has 1 unspecified atom stereocenters. The number of nitrogens with one attached hydrogen (secondary N) is 1. The van der Waals surface area contributed by atoms with Crippen molar-refractivity contribution in [3.63, 3.8) is 0 Å². The van der Waals surface area contributed by atoms with Gasteiger partial charge in [0.05, 0.1) is 0 Å². The van der Waals surface area contributed by atoms with Crippen LogP contribution in [0.5, 0.6) is 0 Å². The molecule has 1 N–H and O–H groups in total. The SMILES string of the molecule is Cc1cc(C)cc(C(C)N[C@@H](C)c2ccccc2C)c1. The Morgan fingerprint density at radius 2 is 1.40 bits per heavy atom. The van der Waals surface area contributed by atoms with E-state index in [0.29, 0.717) is 12.1 Å². The van der Waals surface area contributed by atoms with Crippen LogP contribution in [0.15, 0.2) is 42.5 Å². The van der Waals surface area contributed by atoms with Gasteiger partial charge in [0, 0.05) is 12.1 Å². The van der Waals surface area contributed by atoms with E-state index in [4.69, 9.17) is 0 Å². The lowest BCUT2D eigenvalue weighted by molar-refractivity contribution is 0.493. The van der Waals surface area contributed by atoms with Gasteiger partial charge in [0.15, 0.2) is 0 Å². The van der Waals surface area contributed by atoms with Crippen molar-refractivity contribution < 1.29 is 0 Å². The van der Waals surface area contributed by atoms with E-state index in [9.17, 15) is 0 Å². The van der Waals surface area contributed by atoms with Gasteiger partial charge in [-0.1, -0.05) is 53.6 Å². The van der Waals surface area contributed by atoms with Gasteiger partial charge in [-0.2, -0.15) is 0 Å². The topological polar surface area (TPSA) is 12.0 Å². The fraction of sp³-hybridized carbons (Fsp3) is 0.368. The van der Waals surface area contributed by atoms with Gasteiger partial charge in [0.1, 0.15) is 0 Å². The minimum Gasteiger partial charge on any atom is -0.304 e. The second-order valence-electron chi connectivity index (χ2n) is 5.89. The zero-order valence-corrected chi connectivity index (χ0v) is 13.2. The lowest BCUT2D eigenvalue weighted by atomic mass is 9.99. The molecule has 0 fully saturated rings. The first-order chi connectivity index (χ1) is 9.47. The normalized spacial score (nSPS) is 14.1. The minimum absolute atomic E-state index is 0.350. The molecule has 106 valence electrons. The van der Waals surface area contributed by atoms with Crippen LogP contribution in [0.25, 0.3) is 0 Å². The Kier molecular flexibility index (Phi) is 4.61.